The number of likely N-dealkylation sites (N-methyl/N-ethyl adjacent to an activating group) is 1. The van der Waals surface area contributed by atoms with Gasteiger partial charge in [-0.1, -0.05) is 30.3 Å². The number of carbonyl (C=O) groups excluding carboxylic acids is 2. The van der Waals surface area contributed by atoms with Crippen LogP contribution in [0.4, 0.5) is 4.39 Å². The molecule has 0 atom stereocenters. The Hall–Kier alpha value is -3.61. The van der Waals surface area contributed by atoms with Gasteiger partial charge in [0.25, 0.3) is 5.91 Å². The van der Waals surface area contributed by atoms with Crippen LogP contribution < -0.4 is 4.74 Å². The van der Waals surface area contributed by atoms with Crippen molar-refractivity contribution >= 4 is 11.9 Å². The van der Waals surface area contributed by atoms with Crippen LogP contribution in [-0.4, -0.2) is 30.4 Å². The fourth-order valence-corrected chi connectivity index (χ4v) is 2.50. The molecule has 150 valence electrons. The quantitative estimate of drug-likeness (QED) is 0.541. The molecule has 0 saturated carbocycles. The van der Waals surface area contributed by atoms with E-state index in [1.54, 1.807) is 13.1 Å². The molecule has 1 amide bonds. The molecule has 0 aliphatic heterocycles. The molecule has 1 aromatic heterocycles. The molecule has 0 saturated heterocycles. The van der Waals surface area contributed by atoms with Crippen molar-refractivity contribution in [3.05, 3.63) is 89.6 Å². The number of furan rings is 1. The Labute approximate surface area is 167 Å². The van der Waals surface area contributed by atoms with E-state index in [9.17, 15) is 14.0 Å². The van der Waals surface area contributed by atoms with Crippen LogP contribution in [-0.2, 0) is 22.7 Å². The van der Waals surface area contributed by atoms with Crippen molar-refractivity contribution in [2.75, 3.05) is 13.7 Å². The zero-order chi connectivity index (χ0) is 20.6. The van der Waals surface area contributed by atoms with E-state index in [4.69, 9.17) is 13.9 Å². The molecular formula is C22H20FNO5. The van der Waals surface area contributed by atoms with Crippen LogP contribution in [0.2, 0.25) is 0 Å². The van der Waals surface area contributed by atoms with Crippen molar-refractivity contribution in [1.82, 2.24) is 4.90 Å². The smallest absolute Gasteiger partial charge is 0.374 e. The van der Waals surface area contributed by atoms with Gasteiger partial charge in [0, 0.05) is 13.6 Å². The monoisotopic (exact) mass is 397 g/mol. The van der Waals surface area contributed by atoms with Gasteiger partial charge in [-0.15, -0.1) is 0 Å². The third-order valence-electron chi connectivity index (χ3n) is 4.07. The molecule has 7 heteroatoms. The van der Waals surface area contributed by atoms with Crippen LogP contribution in [0, 0.1) is 5.82 Å². The summed E-state index contributed by atoms with van der Waals surface area (Å²) in [4.78, 5) is 25.7. The van der Waals surface area contributed by atoms with Gasteiger partial charge in [-0.25, -0.2) is 9.18 Å². The fourth-order valence-electron chi connectivity index (χ4n) is 2.50. The first kappa shape index (κ1) is 20.1. The fraction of sp³-hybridized carbons (Fsp3) is 0.182. The number of amides is 1. The lowest BCUT2D eigenvalue weighted by molar-refractivity contribution is -0.133. The van der Waals surface area contributed by atoms with Gasteiger partial charge in [0.1, 0.15) is 23.9 Å². The molecule has 0 N–H and O–H groups in total. The Morgan fingerprint density at radius 1 is 1.00 bits per heavy atom. The second kappa shape index (κ2) is 9.54. The number of ether oxygens (including phenoxy) is 2. The standard InChI is InChI=1S/C22H20FNO5/c1-24(13-16-5-3-2-4-6-16)21(25)15-28-22(26)20-12-11-19(29-20)14-27-18-9-7-17(23)8-10-18/h2-12H,13-15H2,1H3. The highest BCUT2D eigenvalue weighted by Gasteiger charge is 2.17. The molecule has 3 rings (SSSR count). The summed E-state index contributed by atoms with van der Waals surface area (Å²) in [7, 11) is 1.64. The van der Waals surface area contributed by atoms with E-state index in [1.807, 2.05) is 30.3 Å². The number of nitrogens with zero attached hydrogens (tertiary/aromatic N) is 1. The Kier molecular flexibility index (Phi) is 6.63. The number of carbonyl (C=O) groups is 2. The predicted molar refractivity (Wildman–Crippen MR) is 103 cm³/mol. The minimum absolute atomic E-state index is 0.0266. The number of hydrogen-bond acceptors (Lipinski definition) is 5. The summed E-state index contributed by atoms with van der Waals surface area (Å²) < 4.78 is 28.7. The van der Waals surface area contributed by atoms with Gasteiger partial charge >= 0.3 is 5.97 Å². The van der Waals surface area contributed by atoms with Crippen LogP contribution in [0.15, 0.2) is 71.1 Å². The zero-order valence-corrected chi connectivity index (χ0v) is 15.8. The molecule has 0 bridgehead atoms. The highest BCUT2D eigenvalue weighted by molar-refractivity contribution is 5.88. The molecule has 2 aromatic carbocycles. The minimum Gasteiger partial charge on any atom is -0.486 e. The maximum Gasteiger partial charge on any atom is 0.374 e. The first-order chi connectivity index (χ1) is 14.0. The number of halogens is 1. The Morgan fingerprint density at radius 3 is 2.45 bits per heavy atom. The van der Waals surface area contributed by atoms with Crippen LogP contribution in [0.25, 0.3) is 0 Å². The molecule has 0 spiro atoms. The molecule has 0 aliphatic carbocycles. The zero-order valence-electron chi connectivity index (χ0n) is 15.8. The number of benzene rings is 2. The Bertz CT molecular complexity index is 953. The molecule has 0 aliphatic rings. The highest BCUT2D eigenvalue weighted by atomic mass is 19.1. The first-order valence-corrected chi connectivity index (χ1v) is 8.93. The van der Waals surface area contributed by atoms with Crippen LogP contribution in [0.1, 0.15) is 21.9 Å². The van der Waals surface area contributed by atoms with E-state index in [0.29, 0.717) is 18.1 Å². The Morgan fingerprint density at radius 2 is 1.72 bits per heavy atom. The van der Waals surface area contributed by atoms with Gasteiger partial charge in [-0.2, -0.15) is 0 Å². The summed E-state index contributed by atoms with van der Waals surface area (Å²) in [5, 5.41) is 0. The van der Waals surface area contributed by atoms with Gasteiger partial charge in [0.15, 0.2) is 6.61 Å². The van der Waals surface area contributed by atoms with Gasteiger partial charge < -0.3 is 18.8 Å². The maximum absolute atomic E-state index is 12.9. The van der Waals surface area contributed by atoms with Crippen molar-refractivity contribution in [2.24, 2.45) is 0 Å². The van der Waals surface area contributed by atoms with Gasteiger partial charge in [0.2, 0.25) is 5.76 Å². The average Bonchev–Trinajstić information content (AvgIpc) is 3.21. The van der Waals surface area contributed by atoms with E-state index >= 15 is 0 Å². The summed E-state index contributed by atoms with van der Waals surface area (Å²) in [6.07, 6.45) is 0. The van der Waals surface area contributed by atoms with Crippen molar-refractivity contribution in [1.29, 1.82) is 0 Å². The van der Waals surface area contributed by atoms with E-state index in [-0.39, 0.29) is 30.7 Å². The van der Waals surface area contributed by atoms with Crippen molar-refractivity contribution in [3.63, 3.8) is 0 Å². The minimum atomic E-state index is -0.737. The molecule has 1 heterocycles. The van der Waals surface area contributed by atoms with Crippen LogP contribution >= 0.6 is 0 Å². The molecule has 6 nitrogen and oxygen atoms in total. The van der Waals surface area contributed by atoms with E-state index in [0.717, 1.165) is 5.56 Å². The molecular weight excluding hydrogens is 377 g/mol. The molecule has 3 aromatic rings. The second-order valence-electron chi connectivity index (χ2n) is 6.32. The van der Waals surface area contributed by atoms with Gasteiger partial charge in [0.05, 0.1) is 0 Å². The van der Waals surface area contributed by atoms with E-state index < -0.39 is 5.97 Å². The lowest BCUT2D eigenvalue weighted by Crippen LogP contribution is -2.30. The normalized spacial score (nSPS) is 10.4. The summed E-state index contributed by atoms with van der Waals surface area (Å²) >= 11 is 0. The largest absolute Gasteiger partial charge is 0.486 e. The Balaban J connectivity index is 1.45. The molecule has 0 unspecified atom stereocenters. The first-order valence-electron chi connectivity index (χ1n) is 8.93. The lowest BCUT2D eigenvalue weighted by atomic mass is 10.2. The maximum atomic E-state index is 12.9. The third-order valence-corrected chi connectivity index (χ3v) is 4.07. The van der Waals surface area contributed by atoms with Crippen LogP contribution in [0.3, 0.4) is 0 Å². The molecule has 0 fully saturated rings. The SMILES string of the molecule is CN(Cc1ccccc1)C(=O)COC(=O)c1ccc(COc2ccc(F)cc2)o1. The van der Waals surface area contributed by atoms with Crippen molar-refractivity contribution in [3.8, 4) is 5.75 Å². The second-order valence-corrected chi connectivity index (χ2v) is 6.32. The van der Waals surface area contributed by atoms with E-state index in [1.165, 1.54) is 35.2 Å². The van der Waals surface area contributed by atoms with Crippen molar-refractivity contribution < 1.29 is 27.9 Å². The lowest BCUT2D eigenvalue weighted by Gasteiger charge is -2.16. The topological polar surface area (TPSA) is 69.0 Å². The van der Waals surface area contributed by atoms with Gasteiger partial charge in [-0.05, 0) is 42.0 Å². The predicted octanol–water partition coefficient (Wildman–Crippen LogP) is 3.81. The molecule has 29 heavy (non-hydrogen) atoms. The summed E-state index contributed by atoms with van der Waals surface area (Å²) in [5.41, 5.74) is 0.978. The number of hydrogen-bond donors (Lipinski definition) is 0. The van der Waals surface area contributed by atoms with Gasteiger partial charge in [-0.3, -0.25) is 4.79 Å². The average molecular weight is 397 g/mol. The highest BCUT2D eigenvalue weighted by Crippen LogP contribution is 2.15. The summed E-state index contributed by atoms with van der Waals surface area (Å²) in [5.74, 6) is -0.577. The summed E-state index contributed by atoms with van der Waals surface area (Å²) in [6, 6.07) is 18.1. The summed E-state index contributed by atoms with van der Waals surface area (Å²) in [6.45, 7) is 0.102. The van der Waals surface area contributed by atoms with Crippen LogP contribution in [0.5, 0.6) is 5.75 Å². The molecule has 0 radical (unpaired) electrons. The van der Waals surface area contributed by atoms with Crippen molar-refractivity contribution in [2.45, 2.75) is 13.2 Å². The number of esters is 1. The third kappa shape index (κ3) is 5.93. The van der Waals surface area contributed by atoms with E-state index in [2.05, 4.69) is 0 Å². The number of rotatable bonds is 8.